The number of ether oxygens (including phenoxy) is 3. The molecule has 116 valence electrons. The van der Waals surface area contributed by atoms with Crippen molar-refractivity contribution in [3.63, 3.8) is 0 Å². The van der Waals surface area contributed by atoms with Gasteiger partial charge in [0.1, 0.15) is 11.5 Å². The van der Waals surface area contributed by atoms with Crippen LogP contribution >= 0.6 is 0 Å². The Morgan fingerprint density at radius 3 is 2.38 bits per heavy atom. The highest BCUT2D eigenvalue weighted by Crippen LogP contribution is 2.43. The molecule has 0 N–H and O–H groups in total. The lowest BCUT2D eigenvalue weighted by molar-refractivity contribution is -0.144. The van der Waals surface area contributed by atoms with E-state index in [0.717, 1.165) is 30.8 Å². The molecule has 0 saturated heterocycles. The Morgan fingerprint density at radius 1 is 1.14 bits per heavy atom. The molecule has 0 spiro atoms. The van der Waals surface area contributed by atoms with Gasteiger partial charge in [-0.2, -0.15) is 0 Å². The van der Waals surface area contributed by atoms with Crippen molar-refractivity contribution in [2.75, 3.05) is 20.8 Å². The van der Waals surface area contributed by atoms with Gasteiger partial charge in [-0.05, 0) is 49.3 Å². The number of carbonyl (C=O) groups excluding carboxylic acids is 1. The predicted octanol–water partition coefficient (Wildman–Crippen LogP) is 3.54. The fourth-order valence-corrected chi connectivity index (χ4v) is 3.20. The molecule has 1 aliphatic rings. The molecule has 2 rings (SSSR count). The Kier molecular flexibility index (Phi) is 5.48. The van der Waals surface area contributed by atoms with E-state index < -0.39 is 0 Å². The van der Waals surface area contributed by atoms with Crippen LogP contribution in [-0.2, 0) is 9.53 Å². The molecule has 0 aromatic heterocycles. The fourth-order valence-electron chi connectivity index (χ4n) is 3.20. The number of methoxy groups -OCH3 is 2. The van der Waals surface area contributed by atoms with Crippen LogP contribution in [0.15, 0.2) is 18.2 Å². The molecule has 1 saturated carbocycles. The normalized spacial score (nSPS) is 21.1. The second kappa shape index (κ2) is 7.34. The summed E-state index contributed by atoms with van der Waals surface area (Å²) in [6.07, 6.45) is 3.82. The van der Waals surface area contributed by atoms with Crippen molar-refractivity contribution in [3.05, 3.63) is 23.8 Å². The molecule has 0 aliphatic heterocycles. The first-order valence-electron chi connectivity index (χ1n) is 7.56. The summed E-state index contributed by atoms with van der Waals surface area (Å²) in [5, 5.41) is 0. The Morgan fingerprint density at radius 2 is 1.81 bits per heavy atom. The van der Waals surface area contributed by atoms with E-state index >= 15 is 0 Å². The smallest absolute Gasteiger partial charge is 0.306 e. The number of esters is 1. The largest absolute Gasteiger partial charge is 0.497 e. The lowest BCUT2D eigenvalue weighted by Crippen LogP contribution is -2.14. The van der Waals surface area contributed by atoms with Crippen LogP contribution in [0.3, 0.4) is 0 Å². The van der Waals surface area contributed by atoms with Gasteiger partial charge in [-0.1, -0.05) is 6.42 Å². The molecule has 4 nitrogen and oxygen atoms in total. The van der Waals surface area contributed by atoms with E-state index in [1.54, 1.807) is 14.2 Å². The third-order valence-corrected chi connectivity index (χ3v) is 4.20. The SMILES string of the molecule is CCOC(=O)CC1CCCC1c1cc(OC)cc(OC)c1. The first-order valence-corrected chi connectivity index (χ1v) is 7.56. The van der Waals surface area contributed by atoms with Gasteiger partial charge in [-0.15, -0.1) is 0 Å². The predicted molar refractivity (Wildman–Crippen MR) is 80.9 cm³/mol. The zero-order chi connectivity index (χ0) is 15.2. The minimum Gasteiger partial charge on any atom is -0.497 e. The summed E-state index contributed by atoms with van der Waals surface area (Å²) in [4.78, 5) is 11.8. The minimum absolute atomic E-state index is 0.0933. The third kappa shape index (κ3) is 3.90. The zero-order valence-electron chi connectivity index (χ0n) is 13.1. The maximum absolute atomic E-state index is 11.8. The van der Waals surface area contributed by atoms with Crippen molar-refractivity contribution in [2.45, 2.75) is 38.5 Å². The molecular formula is C17H24O4. The number of hydrogen-bond donors (Lipinski definition) is 0. The van der Waals surface area contributed by atoms with E-state index in [9.17, 15) is 4.79 Å². The van der Waals surface area contributed by atoms with Crippen LogP contribution in [0.5, 0.6) is 11.5 Å². The van der Waals surface area contributed by atoms with Gasteiger partial charge in [0, 0.05) is 12.5 Å². The average molecular weight is 292 g/mol. The average Bonchev–Trinajstić information content (AvgIpc) is 2.94. The second-order valence-electron chi connectivity index (χ2n) is 5.45. The molecule has 2 atom stereocenters. The Hall–Kier alpha value is -1.71. The molecule has 1 aliphatic carbocycles. The molecule has 4 heteroatoms. The summed E-state index contributed by atoms with van der Waals surface area (Å²) in [5.74, 6) is 2.22. The van der Waals surface area contributed by atoms with Crippen LogP contribution in [0.25, 0.3) is 0 Å². The van der Waals surface area contributed by atoms with E-state index in [0.29, 0.717) is 24.9 Å². The highest BCUT2D eigenvalue weighted by molar-refractivity contribution is 5.69. The lowest BCUT2D eigenvalue weighted by atomic mass is 9.86. The standard InChI is InChI=1S/C17H24O4/c1-4-21-17(18)10-12-6-5-7-16(12)13-8-14(19-2)11-15(9-13)20-3/h8-9,11-12,16H,4-7,10H2,1-3H3. The molecule has 1 aromatic carbocycles. The zero-order valence-corrected chi connectivity index (χ0v) is 13.1. The number of rotatable bonds is 6. The van der Waals surface area contributed by atoms with Gasteiger partial charge in [0.15, 0.2) is 0 Å². The van der Waals surface area contributed by atoms with Gasteiger partial charge in [-0.25, -0.2) is 0 Å². The molecule has 0 radical (unpaired) electrons. The Bertz CT molecular complexity index is 461. The first kappa shape index (κ1) is 15.7. The van der Waals surface area contributed by atoms with Crippen LogP contribution in [0, 0.1) is 5.92 Å². The van der Waals surface area contributed by atoms with E-state index in [1.165, 1.54) is 5.56 Å². The molecule has 0 bridgehead atoms. The van der Waals surface area contributed by atoms with Crippen molar-refractivity contribution >= 4 is 5.97 Å². The quantitative estimate of drug-likeness (QED) is 0.752. The summed E-state index contributed by atoms with van der Waals surface area (Å²) in [6, 6.07) is 5.98. The van der Waals surface area contributed by atoms with Crippen molar-refractivity contribution in [1.82, 2.24) is 0 Å². The second-order valence-corrected chi connectivity index (χ2v) is 5.45. The molecule has 21 heavy (non-hydrogen) atoms. The highest BCUT2D eigenvalue weighted by Gasteiger charge is 2.31. The molecule has 1 aromatic rings. The van der Waals surface area contributed by atoms with Crippen LogP contribution in [0.4, 0.5) is 0 Å². The summed E-state index contributed by atoms with van der Waals surface area (Å²) in [6.45, 7) is 2.29. The Labute approximate surface area is 126 Å². The van der Waals surface area contributed by atoms with E-state index in [4.69, 9.17) is 14.2 Å². The molecule has 1 fully saturated rings. The first-order chi connectivity index (χ1) is 10.2. The summed E-state index contributed by atoms with van der Waals surface area (Å²) in [7, 11) is 3.31. The minimum atomic E-state index is -0.0933. The fraction of sp³-hybridized carbons (Fsp3) is 0.588. The van der Waals surface area contributed by atoms with Gasteiger partial charge in [0.2, 0.25) is 0 Å². The van der Waals surface area contributed by atoms with E-state index in [-0.39, 0.29) is 5.97 Å². The van der Waals surface area contributed by atoms with Crippen molar-refractivity contribution in [3.8, 4) is 11.5 Å². The van der Waals surface area contributed by atoms with Gasteiger partial charge in [0.25, 0.3) is 0 Å². The third-order valence-electron chi connectivity index (χ3n) is 4.20. The number of benzene rings is 1. The van der Waals surface area contributed by atoms with Gasteiger partial charge in [-0.3, -0.25) is 4.79 Å². The number of hydrogen-bond acceptors (Lipinski definition) is 4. The van der Waals surface area contributed by atoms with Gasteiger partial charge < -0.3 is 14.2 Å². The van der Waals surface area contributed by atoms with Crippen molar-refractivity contribution in [2.24, 2.45) is 5.92 Å². The molecule has 2 unspecified atom stereocenters. The van der Waals surface area contributed by atoms with Gasteiger partial charge in [0.05, 0.1) is 20.8 Å². The van der Waals surface area contributed by atoms with E-state index in [1.807, 2.05) is 13.0 Å². The van der Waals surface area contributed by atoms with Crippen LogP contribution in [0.2, 0.25) is 0 Å². The summed E-state index contributed by atoms with van der Waals surface area (Å²) < 4.78 is 15.8. The van der Waals surface area contributed by atoms with Crippen LogP contribution in [-0.4, -0.2) is 26.8 Å². The maximum Gasteiger partial charge on any atom is 0.306 e. The molecule has 0 heterocycles. The number of carbonyl (C=O) groups is 1. The summed E-state index contributed by atoms with van der Waals surface area (Å²) >= 11 is 0. The van der Waals surface area contributed by atoms with Crippen molar-refractivity contribution in [1.29, 1.82) is 0 Å². The summed E-state index contributed by atoms with van der Waals surface area (Å²) in [5.41, 5.74) is 1.19. The van der Waals surface area contributed by atoms with E-state index in [2.05, 4.69) is 12.1 Å². The van der Waals surface area contributed by atoms with Crippen LogP contribution in [0.1, 0.15) is 44.1 Å². The van der Waals surface area contributed by atoms with Gasteiger partial charge >= 0.3 is 5.97 Å². The lowest BCUT2D eigenvalue weighted by Gasteiger charge is -2.20. The highest BCUT2D eigenvalue weighted by atomic mass is 16.5. The molecule has 0 amide bonds. The van der Waals surface area contributed by atoms with Crippen LogP contribution < -0.4 is 9.47 Å². The maximum atomic E-state index is 11.8. The topological polar surface area (TPSA) is 44.8 Å². The Balaban J connectivity index is 2.17. The molecular weight excluding hydrogens is 268 g/mol. The van der Waals surface area contributed by atoms with Crippen molar-refractivity contribution < 1.29 is 19.0 Å². The monoisotopic (exact) mass is 292 g/mol.